The standard InChI is InChI=1S/C32H33FN6O3.C3H8O.C3H8/c1-19-12-27(38-28-11-10-20(15-34-28)31(42)39(5)6)30(41)35-17-25-23(19)8-7-9-24(25)29-21(16-36-37-18-40)13-22(14-26(29)33)32(2,3)4;1-3(2)4;1-3-2/h7-16,18H,1,17H2,2-6H3,(H,34,38)(H,35,41)(H,37,40);3-4H,1-2H3;3H2,1-2H3/b27-12+,36-16-;;. The van der Waals surface area contributed by atoms with E-state index < -0.39 is 11.7 Å². The summed E-state index contributed by atoms with van der Waals surface area (Å²) in [7, 11) is 3.31. The predicted molar refractivity (Wildman–Crippen MR) is 195 cm³/mol. The van der Waals surface area contributed by atoms with Crippen LogP contribution < -0.4 is 16.1 Å². The van der Waals surface area contributed by atoms with Crippen LogP contribution >= 0.6 is 0 Å². The molecule has 0 saturated carbocycles. The summed E-state index contributed by atoms with van der Waals surface area (Å²) in [5.41, 5.74) is 6.56. The largest absolute Gasteiger partial charge is 0.394 e. The van der Waals surface area contributed by atoms with Crippen LogP contribution in [0.5, 0.6) is 0 Å². The smallest absolute Gasteiger partial charge is 0.268 e. The maximum Gasteiger partial charge on any atom is 0.268 e. The summed E-state index contributed by atoms with van der Waals surface area (Å²) in [6.45, 7) is 17.9. The van der Waals surface area contributed by atoms with E-state index in [0.717, 1.165) is 11.1 Å². The second-order valence-electron chi connectivity index (χ2n) is 12.8. The minimum Gasteiger partial charge on any atom is -0.394 e. The highest BCUT2D eigenvalue weighted by Gasteiger charge is 2.24. The van der Waals surface area contributed by atoms with Crippen molar-refractivity contribution in [3.63, 3.8) is 0 Å². The van der Waals surface area contributed by atoms with Gasteiger partial charge in [0.05, 0.1) is 11.8 Å². The zero-order chi connectivity index (χ0) is 36.9. The average molecular weight is 673 g/mol. The number of halogens is 1. The Labute approximate surface area is 289 Å². The summed E-state index contributed by atoms with van der Waals surface area (Å²) in [6, 6.07) is 12.0. The molecule has 0 radical (unpaired) electrons. The van der Waals surface area contributed by atoms with Crippen LogP contribution in [0.25, 0.3) is 16.7 Å². The first-order valence-corrected chi connectivity index (χ1v) is 16.1. The van der Waals surface area contributed by atoms with Crippen molar-refractivity contribution in [2.75, 3.05) is 19.4 Å². The molecule has 4 rings (SSSR count). The van der Waals surface area contributed by atoms with Crippen LogP contribution in [-0.4, -0.2) is 59.6 Å². The molecule has 3 amide bonds. The lowest BCUT2D eigenvalue weighted by atomic mass is 9.83. The molecule has 1 aliphatic heterocycles. The molecule has 0 spiro atoms. The molecule has 262 valence electrons. The SMILES string of the molecule is C=C1/C=C(/Nc2ccc(C(=O)N(C)C)cn2)C(=O)NCc2c1cccc2-c1c(F)cc(C(C)(C)C)cc1/C=N\NC=O.CC(C)O.CCC. The van der Waals surface area contributed by atoms with E-state index in [1.807, 2.05) is 32.9 Å². The molecule has 10 nitrogen and oxygen atoms in total. The lowest BCUT2D eigenvalue weighted by molar-refractivity contribution is -0.117. The molecular weight excluding hydrogens is 623 g/mol. The van der Waals surface area contributed by atoms with Gasteiger partial charge in [0.15, 0.2) is 0 Å². The normalized spacial score (nSPS) is 13.7. The highest BCUT2D eigenvalue weighted by molar-refractivity contribution is 6.01. The Morgan fingerprint density at radius 2 is 1.80 bits per heavy atom. The van der Waals surface area contributed by atoms with Crippen LogP contribution in [0.3, 0.4) is 0 Å². The molecule has 3 aromatic rings. The van der Waals surface area contributed by atoms with Gasteiger partial charge < -0.3 is 20.6 Å². The Kier molecular flexibility index (Phi) is 15.0. The molecule has 1 aliphatic rings. The topological polar surface area (TPSA) is 136 Å². The number of aliphatic hydroxyl groups is 1. The fraction of sp³-hybridized carbons (Fsp3) is 0.342. The van der Waals surface area contributed by atoms with Crippen molar-refractivity contribution in [1.29, 1.82) is 0 Å². The number of hydrogen-bond donors (Lipinski definition) is 4. The zero-order valence-electron chi connectivity index (χ0n) is 29.9. The van der Waals surface area contributed by atoms with Gasteiger partial charge in [0.25, 0.3) is 11.8 Å². The van der Waals surface area contributed by atoms with Gasteiger partial charge in [-0.25, -0.2) is 14.8 Å². The van der Waals surface area contributed by atoms with E-state index in [1.54, 1.807) is 58.3 Å². The number of carbonyl (C=O) groups is 3. The van der Waals surface area contributed by atoms with Crippen LogP contribution in [0, 0.1) is 5.82 Å². The fourth-order valence-electron chi connectivity index (χ4n) is 4.56. The number of rotatable bonds is 7. The molecule has 4 N–H and O–H groups in total. The quantitative estimate of drug-likeness (QED) is 0.130. The van der Waals surface area contributed by atoms with Crippen LogP contribution in [0.2, 0.25) is 0 Å². The summed E-state index contributed by atoms with van der Waals surface area (Å²) >= 11 is 0. The number of amides is 3. The molecule has 49 heavy (non-hydrogen) atoms. The number of benzene rings is 2. The van der Waals surface area contributed by atoms with E-state index >= 15 is 4.39 Å². The van der Waals surface area contributed by atoms with E-state index in [-0.39, 0.29) is 35.2 Å². The van der Waals surface area contributed by atoms with Gasteiger partial charge in [-0.1, -0.05) is 65.8 Å². The summed E-state index contributed by atoms with van der Waals surface area (Å²) in [4.78, 5) is 41.9. The van der Waals surface area contributed by atoms with E-state index in [9.17, 15) is 14.4 Å². The number of carbonyl (C=O) groups excluding carboxylic acids is 3. The van der Waals surface area contributed by atoms with Gasteiger partial charge in [-0.15, -0.1) is 0 Å². The lowest BCUT2D eigenvalue weighted by Gasteiger charge is -2.24. The predicted octanol–water partition coefficient (Wildman–Crippen LogP) is 6.41. The first-order valence-electron chi connectivity index (χ1n) is 16.1. The minimum absolute atomic E-state index is 0.0930. The van der Waals surface area contributed by atoms with Crippen molar-refractivity contribution in [1.82, 2.24) is 20.6 Å². The van der Waals surface area contributed by atoms with Crippen molar-refractivity contribution in [2.24, 2.45) is 5.10 Å². The van der Waals surface area contributed by atoms with Gasteiger partial charge in [0, 0.05) is 44.1 Å². The Bertz CT molecular complexity index is 1690. The summed E-state index contributed by atoms with van der Waals surface area (Å²) in [5.74, 6) is -0.672. The third-order valence-corrected chi connectivity index (χ3v) is 6.78. The Morgan fingerprint density at radius 3 is 2.35 bits per heavy atom. The maximum absolute atomic E-state index is 15.9. The minimum atomic E-state index is -0.456. The number of hydrazone groups is 1. The second-order valence-corrected chi connectivity index (χ2v) is 12.8. The highest BCUT2D eigenvalue weighted by atomic mass is 19.1. The molecular formula is C38H49FN6O4. The van der Waals surface area contributed by atoms with Gasteiger partial charge in [0.1, 0.15) is 17.3 Å². The highest BCUT2D eigenvalue weighted by Crippen LogP contribution is 2.37. The van der Waals surface area contributed by atoms with Gasteiger partial charge in [-0.2, -0.15) is 5.10 Å². The van der Waals surface area contributed by atoms with Crippen molar-refractivity contribution >= 4 is 35.8 Å². The number of anilines is 1. The maximum atomic E-state index is 15.9. The van der Waals surface area contributed by atoms with Crippen LogP contribution in [-0.2, 0) is 21.5 Å². The molecule has 2 heterocycles. The molecule has 11 heteroatoms. The number of pyridine rings is 1. The molecule has 0 saturated heterocycles. The number of fused-ring (bicyclic) bond motifs is 1. The van der Waals surface area contributed by atoms with E-state index in [1.165, 1.54) is 29.8 Å². The molecule has 0 bridgehead atoms. The second kappa shape index (κ2) is 18.4. The molecule has 0 atom stereocenters. The molecule has 1 aromatic heterocycles. The van der Waals surface area contributed by atoms with Crippen LogP contribution in [0.1, 0.15) is 87.5 Å². The summed E-state index contributed by atoms with van der Waals surface area (Å²) in [5, 5.41) is 17.9. The third-order valence-electron chi connectivity index (χ3n) is 6.78. The summed E-state index contributed by atoms with van der Waals surface area (Å²) < 4.78 is 15.9. The van der Waals surface area contributed by atoms with Crippen molar-refractivity contribution in [2.45, 2.75) is 73.0 Å². The third kappa shape index (κ3) is 11.5. The Hall–Kier alpha value is -5.16. The molecule has 2 aromatic carbocycles. The summed E-state index contributed by atoms with van der Waals surface area (Å²) in [6.07, 6.45) is 5.97. The fourth-order valence-corrected chi connectivity index (χ4v) is 4.56. The number of hydrogen-bond acceptors (Lipinski definition) is 7. The van der Waals surface area contributed by atoms with Crippen LogP contribution in [0.15, 0.2) is 72.1 Å². The van der Waals surface area contributed by atoms with Gasteiger partial charge in [-0.05, 0) is 77.4 Å². The molecule has 0 fully saturated rings. The number of allylic oxidation sites excluding steroid dienone is 2. The monoisotopic (exact) mass is 672 g/mol. The van der Waals surface area contributed by atoms with Gasteiger partial charge >= 0.3 is 0 Å². The van der Waals surface area contributed by atoms with Crippen molar-refractivity contribution in [3.05, 3.63) is 101 Å². The lowest BCUT2D eigenvalue weighted by Crippen LogP contribution is -2.30. The first-order chi connectivity index (χ1) is 23.0. The number of aromatic nitrogens is 1. The van der Waals surface area contributed by atoms with Crippen molar-refractivity contribution < 1.29 is 23.9 Å². The van der Waals surface area contributed by atoms with Crippen LogP contribution in [0.4, 0.5) is 10.2 Å². The van der Waals surface area contributed by atoms with E-state index in [2.05, 4.69) is 46.6 Å². The number of nitrogens with one attached hydrogen (secondary N) is 3. The van der Waals surface area contributed by atoms with E-state index in [4.69, 9.17) is 5.11 Å². The molecule has 0 unspecified atom stereocenters. The van der Waals surface area contributed by atoms with Gasteiger partial charge in [-0.3, -0.25) is 14.4 Å². The first kappa shape index (κ1) is 40.0. The Balaban J connectivity index is 0.00000109. The average Bonchev–Trinajstić information content (AvgIpc) is 3.02. The van der Waals surface area contributed by atoms with Gasteiger partial charge in [0.2, 0.25) is 6.41 Å². The molecule has 0 aliphatic carbocycles. The Morgan fingerprint density at radius 1 is 1.16 bits per heavy atom. The number of aliphatic hydroxyl groups excluding tert-OH is 1. The van der Waals surface area contributed by atoms with E-state index in [0.29, 0.717) is 40.1 Å². The van der Waals surface area contributed by atoms with Crippen molar-refractivity contribution in [3.8, 4) is 11.1 Å². The zero-order valence-corrected chi connectivity index (χ0v) is 29.9. The number of nitrogens with zero attached hydrogens (tertiary/aromatic N) is 3.